The monoisotopic (exact) mass is 284 g/mol. The average molecular weight is 284 g/mol. The van der Waals surface area contributed by atoms with Crippen molar-refractivity contribution in [3.05, 3.63) is 60.9 Å². The summed E-state index contributed by atoms with van der Waals surface area (Å²) in [6.45, 7) is 0. The molecule has 0 spiro atoms. The first kappa shape index (κ1) is 11.5. The standard InChI is InChI=1S/C18H12N4/c1-2-4-13-11(3-1)5-8-15-17(13)22-18(21-15)12-6-7-14-16(9-12)20-10-19-14/h1-10H,(H,19,20)(H,21,22). The summed E-state index contributed by atoms with van der Waals surface area (Å²) in [5.74, 6) is 0.878. The first-order valence-electron chi connectivity index (χ1n) is 7.19. The molecule has 2 heterocycles. The number of imidazole rings is 2. The molecule has 0 amide bonds. The highest BCUT2D eigenvalue weighted by Gasteiger charge is 2.09. The lowest BCUT2D eigenvalue weighted by Gasteiger charge is -1.96. The predicted octanol–water partition coefficient (Wildman–Crippen LogP) is 4.26. The molecule has 0 aliphatic heterocycles. The van der Waals surface area contributed by atoms with Crippen molar-refractivity contribution < 1.29 is 0 Å². The number of aromatic nitrogens is 4. The zero-order valence-electron chi connectivity index (χ0n) is 11.7. The van der Waals surface area contributed by atoms with Gasteiger partial charge in [-0.15, -0.1) is 0 Å². The van der Waals surface area contributed by atoms with Gasteiger partial charge in [-0.3, -0.25) is 0 Å². The molecule has 5 rings (SSSR count). The second-order valence-electron chi connectivity index (χ2n) is 5.40. The minimum absolute atomic E-state index is 0.878. The molecule has 0 radical (unpaired) electrons. The maximum atomic E-state index is 4.81. The van der Waals surface area contributed by atoms with Crippen molar-refractivity contribution in [1.29, 1.82) is 0 Å². The molecule has 4 nitrogen and oxygen atoms in total. The van der Waals surface area contributed by atoms with Gasteiger partial charge in [0.15, 0.2) is 0 Å². The van der Waals surface area contributed by atoms with Gasteiger partial charge in [0.1, 0.15) is 5.82 Å². The third-order valence-electron chi connectivity index (χ3n) is 4.07. The molecule has 0 bridgehead atoms. The normalized spacial score (nSPS) is 11.6. The Morgan fingerprint density at radius 2 is 1.82 bits per heavy atom. The molecule has 22 heavy (non-hydrogen) atoms. The van der Waals surface area contributed by atoms with Gasteiger partial charge >= 0.3 is 0 Å². The van der Waals surface area contributed by atoms with Crippen LogP contribution < -0.4 is 0 Å². The summed E-state index contributed by atoms with van der Waals surface area (Å²) >= 11 is 0. The van der Waals surface area contributed by atoms with Crippen LogP contribution >= 0.6 is 0 Å². The number of fused-ring (bicyclic) bond motifs is 4. The summed E-state index contributed by atoms with van der Waals surface area (Å²) in [6, 6.07) is 18.7. The number of H-pyrrole nitrogens is 2. The number of nitrogens with zero attached hydrogens (tertiary/aromatic N) is 2. The van der Waals surface area contributed by atoms with E-state index in [0.717, 1.165) is 33.5 Å². The van der Waals surface area contributed by atoms with Crippen molar-refractivity contribution in [2.24, 2.45) is 0 Å². The van der Waals surface area contributed by atoms with Gasteiger partial charge < -0.3 is 9.97 Å². The molecule has 104 valence electrons. The van der Waals surface area contributed by atoms with Crippen LogP contribution in [0.4, 0.5) is 0 Å². The molecule has 2 N–H and O–H groups in total. The highest BCUT2D eigenvalue weighted by atomic mass is 14.9. The lowest BCUT2D eigenvalue weighted by molar-refractivity contribution is 1.34. The number of hydrogen-bond donors (Lipinski definition) is 2. The van der Waals surface area contributed by atoms with Gasteiger partial charge in [0.05, 0.1) is 28.4 Å². The Hall–Kier alpha value is -3.14. The smallest absolute Gasteiger partial charge is 0.138 e. The van der Waals surface area contributed by atoms with E-state index in [0.29, 0.717) is 0 Å². The van der Waals surface area contributed by atoms with Gasteiger partial charge in [-0.2, -0.15) is 0 Å². The SMILES string of the molecule is c1ccc2c(c1)ccc1[nH]c(-c3ccc4nc[nH]c4c3)nc12. The molecule has 0 aliphatic carbocycles. The lowest BCUT2D eigenvalue weighted by Crippen LogP contribution is -1.80. The maximum absolute atomic E-state index is 4.81. The molecule has 0 saturated carbocycles. The molecule has 0 fully saturated rings. The molecular formula is C18H12N4. The molecule has 0 saturated heterocycles. The largest absolute Gasteiger partial charge is 0.345 e. The Kier molecular flexibility index (Phi) is 2.19. The number of aromatic amines is 2. The van der Waals surface area contributed by atoms with Crippen LogP contribution in [0.5, 0.6) is 0 Å². The molecule has 3 aromatic carbocycles. The highest BCUT2D eigenvalue weighted by molar-refractivity contribution is 6.05. The van der Waals surface area contributed by atoms with Crippen LogP contribution in [0.2, 0.25) is 0 Å². The summed E-state index contributed by atoms with van der Waals surface area (Å²) in [7, 11) is 0. The fraction of sp³-hybridized carbons (Fsp3) is 0. The maximum Gasteiger partial charge on any atom is 0.138 e. The Morgan fingerprint density at radius 3 is 2.82 bits per heavy atom. The molecule has 0 unspecified atom stereocenters. The first-order valence-corrected chi connectivity index (χ1v) is 7.19. The van der Waals surface area contributed by atoms with Gasteiger partial charge in [0, 0.05) is 10.9 Å². The number of rotatable bonds is 1. The second kappa shape index (κ2) is 4.18. The Balaban J connectivity index is 1.78. The van der Waals surface area contributed by atoms with Crippen molar-refractivity contribution in [1.82, 2.24) is 19.9 Å². The van der Waals surface area contributed by atoms with E-state index in [4.69, 9.17) is 4.98 Å². The topological polar surface area (TPSA) is 57.4 Å². The Labute approximate surface area is 125 Å². The van der Waals surface area contributed by atoms with Gasteiger partial charge in [-0.05, 0) is 29.7 Å². The van der Waals surface area contributed by atoms with E-state index in [2.05, 4.69) is 45.3 Å². The van der Waals surface area contributed by atoms with E-state index < -0.39 is 0 Å². The van der Waals surface area contributed by atoms with Gasteiger partial charge in [0.25, 0.3) is 0 Å². The van der Waals surface area contributed by atoms with Gasteiger partial charge in [0.2, 0.25) is 0 Å². The zero-order chi connectivity index (χ0) is 14.5. The van der Waals surface area contributed by atoms with E-state index in [9.17, 15) is 0 Å². The van der Waals surface area contributed by atoms with Crippen LogP contribution in [0, 0.1) is 0 Å². The average Bonchev–Trinajstić information content (AvgIpc) is 3.20. The molecule has 2 aromatic heterocycles. The van der Waals surface area contributed by atoms with E-state index in [-0.39, 0.29) is 0 Å². The summed E-state index contributed by atoms with van der Waals surface area (Å²) in [6.07, 6.45) is 1.71. The van der Waals surface area contributed by atoms with Crippen LogP contribution in [0.15, 0.2) is 60.9 Å². The Bertz CT molecular complexity index is 1130. The van der Waals surface area contributed by atoms with Crippen molar-refractivity contribution in [3.8, 4) is 11.4 Å². The van der Waals surface area contributed by atoms with Crippen molar-refractivity contribution in [3.63, 3.8) is 0 Å². The molecule has 5 aromatic rings. The molecule has 0 aliphatic rings. The van der Waals surface area contributed by atoms with Crippen molar-refractivity contribution in [2.75, 3.05) is 0 Å². The van der Waals surface area contributed by atoms with Gasteiger partial charge in [-0.25, -0.2) is 9.97 Å². The minimum atomic E-state index is 0.878. The number of nitrogens with one attached hydrogen (secondary N) is 2. The zero-order valence-corrected chi connectivity index (χ0v) is 11.7. The van der Waals surface area contributed by atoms with Crippen LogP contribution in [0.3, 0.4) is 0 Å². The summed E-state index contributed by atoms with van der Waals surface area (Å²) in [4.78, 5) is 15.6. The van der Waals surface area contributed by atoms with Crippen molar-refractivity contribution in [2.45, 2.75) is 0 Å². The van der Waals surface area contributed by atoms with Crippen LogP contribution in [0.25, 0.3) is 44.2 Å². The van der Waals surface area contributed by atoms with E-state index in [1.807, 2.05) is 24.3 Å². The van der Waals surface area contributed by atoms with E-state index in [1.165, 1.54) is 10.8 Å². The fourth-order valence-corrected chi connectivity index (χ4v) is 2.96. The molecular weight excluding hydrogens is 272 g/mol. The van der Waals surface area contributed by atoms with Crippen molar-refractivity contribution >= 4 is 32.8 Å². The molecule has 0 atom stereocenters. The number of benzene rings is 3. The third-order valence-corrected chi connectivity index (χ3v) is 4.07. The van der Waals surface area contributed by atoms with Gasteiger partial charge in [-0.1, -0.05) is 30.3 Å². The molecule has 4 heteroatoms. The minimum Gasteiger partial charge on any atom is -0.345 e. The van der Waals surface area contributed by atoms with Crippen LogP contribution in [-0.4, -0.2) is 19.9 Å². The first-order chi connectivity index (χ1) is 10.9. The van der Waals surface area contributed by atoms with Crippen LogP contribution in [0.1, 0.15) is 0 Å². The second-order valence-corrected chi connectivity index (χ2v) is 5.40. The Morgan fingerprint density at radius 1 is 0.864 bits per heavy atom. The summed E-state index contributed by atoms with van der Waals surface area (Å²) < 4.78 is 0. The lowest BCUT2D eigenvalue weighted by atomic mass is 10.1. The highest BCUT2D eigenvalue weighted by Crippen LogP contribution is 2.27. The fourth-order valence-electron chi connectivity index (χ4n) is 2.96. The van der Waals surface area contributed by atoms with E-state index in [1.54, 1.807) is 6.33 Å². The third kappa shape index (κ3) is 1.58. The summed E-state index contributed by atoms with van der Waals surface area (Å²) in [5, 5.41) is 2.38. The van der Waals surface area contributed by atoms with Crippen LogP contribution in [-0.2, 0) is 0 Å². The quantitative estimate of drug-likeness (QED) is 0.483. The predicted molar refractivity (Wildman–Crippen MR) is 88.7 cm³/mol. The summed E-state index contributed by atoms with van der Waals surface area (Å²) in [5.41, 5.74) is 5.10. The van der Waals surface area contributed by atoms with E-state index >= 15 is 0 Å². The number of hydrogen-bond acceptors (Lipinski definition) is 2.